The van der Waals surface area contributed by atoms with Gasteiger partial charge in [-0.05, 0) is 70.8 Å². The molecule has 1 aliphatic heterocycles. The number of fused-ring (bicyclic) bond motifs is 1. The molecule has 2 bridgehead atoms. The molecular formula is C27H39N3O5. The maximum Gasteiger partial charge on any atom is 0.356 e. The van der Waals surface area contributed by atoms with Gasteiger partial charge in [0.25, 0.3) is 11.6 Å². The Kier molecular flexibility index (Phi) is 8.59. The fourth-order valence-corrected chi connectivity index (χ4v) is 4.52. The van der Waals surface area contributed by atoms with Crippen LogP contribution in [0.5, 0.6) is 0 Å². The summed E-state index contributed by atoms with van der Waals surface area (Å²) in [5, 5.41) is 27.3. The second-order valence-electron chi connectivity index (χ2n) is 9.74. The Hall–Kier alpha value is -2.87. The third-order valence-electron chi connectivity index (χ3n) is 6.45. The van der Waals surface area contributed by atoms with Crippen LogP contribution in [0.2, 0.25) is 0 Å². The topological polar surface area (TPSA) is 117 Å². The maximum atomic E-state index is 12.3. The predicted octanol–water partition coefficient (Wildman–Crippen LogP) is 5.31. The highest BCUT2D eigenvalue weighted by atomic mass is 16.6. The van der Waals surface area contributed by atoms with Crippen molar-refractivity contribution < 1.29 is 24.3 Å². The third kappa shape index (κ3) is 6.23. The lowest BCUT2D eigenvalue weighted by Gasteiger charge is -2.22. The van der Waals surface area contributed by atoms with E-state index < -0.39 is 17.2 Å². The average Bonchev–Trinajstić information content (AvgIpc) is 3.42. The monoisotopic (exact) mass is 485 g/mol. The molecule has 3 N–H and O–H groups in total. The van der Waals surface area contributed by atoms with Crippen molar-refractivity contribution in [1.82, 2.24) is 10.5 Å². The molecular weight excluding hydrogens is 446 g/mol. The Labute approximate surface area is 207 Å². The number of aliphatic hydroxyl groups is 1. The number of nitrogens with zero attached hydrogens (tertiary/aromatic N) is 2. The average molecular weight is 486 g/mol. The van der Waals surface area contributed by atoms with E-state index in [4.69, 9.17) is 9.26 Å². The number of amidine groups is 1. The van der Waals surface area contributed by atoms with E-state index in [1.807, 2.05) is 13.8 Å². The number of aliphatic imine (C=N–C) groups is 1. The van der Waals surface area contributed by atoms with E-state index >= 15 is 0 Å². The summed E-state index contributed by atoms with van der Waals surface area (Å²) in [5.74, 6) is -0.644. The molecule has 8 nitrogen and oxygen atoms in total. The van der Waals surface area contributed by atoms with Crippen molar-refractivity contribution in [3.63, 3.8) is 0 Å². The van der Waals surface area contributed by atoms with Gasteiger partial charge >= 0.3 is 5.97 Å². The molecule has 0 saturated carbocycles. The minimum atomic E-state index is -1.80. The molecule has 0 spiro atoms. The van der Waals surface area contributed by atoms with Crippen LogP contribution in [0.4, 0.5) is 0 Å². The molecule has 2 unspecified atom stereocenters. The molecule has 0 aromatic carbocycles. The quantitative estimate of drug-likeness (QED) is 0.494. The van der Waals surface area contributed by atoms with Gasteiger partial charge in [-0.15, -0.1) is 0 Å². The Balaban J connectivity index is 0.00000167. The van der Waals surface area contributed by atoms with Crippen molar-refractivity contribution in [3.8, 4) is 0 Å². The zero-order chi connectivity index (χ0) is 25.6. The van der Waals surface area contributed by atoms with Crippen molar-refractivity contribution in [2.45, 2.75) is 90.8 Å². The molecule has 35 heavy (non-hydrogen) atoms. The summed E-state index contributed by atoms with van der Waals surface area (Å²) in [6.07, 6.45) is 14.3. The van der Waals surface area contributed by atoms with Crippen LogP contribution >= 0.6 is 0 Å². The fraction of sp³-hybridized carbons (Fsp3) is 0.593. The lowest BCUT2D eigenvalue weighted by atomic mass is 9.95. The van der Waals surface area contributed by atoms with Crippen LogP contribution in [-0.4, -0.2) is 33.9 Å². The summed E-state index contributed by atoms with van der Waals surface area (Å²) in [6.45, 7) is 9.15. The number of carbonyl (C=O) groups is 1. The van der Waals surface area contributed by atoms with Crippen LogP contribution < -0.4 is 5.32 Å². The van der Waals surface area contributed by atoms with E-state index in [2.05, 4.69) is 40.6 Å². The number of hydrogen-bond donors (Lipinski definition) is 3. The lowest BCUT2D eigenvalue weighted by molar-refractivity contribution is -0.155. The first-order chi connectivity index (χ1) is 16.7. The Morgan fingerprint density at radius 3 is 2.66 bits per heavy atom. The van der Waals surface area contributed by atoms with Crippen LogP contribution in [0, 0.1) is 5.92 Å². The van der Waals surface area contributed by atoms with Gasteiger partial charge in [-0.25, -0.2) is 9.79 Å². The minimum absolute atomic E-state index is 0.0713. The SMILES string of the molecule is C/C1=C\C2C=C(CCCC2)/C(NC2=NCC(C(=O)O)(c3cc(C(C)(C)O)on3)O2)=C/CCC1.CC. The van der Waals surface area contributed by atoms with Crippen LogP contribution in [0.1, 0.15) is 91.0 Å². The molecule has 8 heteroatoms. The summed E-state index contributed by atoms with van der Waals surface area (Å²) in [5.41, 5.74) is 0.575. The highest BCUT2D eigenvalue weighted by Gasteiger charge is 2.51. The second kappa shape index (κ2) is 11.2. The van der Waals surface area contributed by atoms with Gasteiger partial charge in [-0.2, -0.15) is 0 Å². The van der Waals surface area contributed by atoms with Crippen molar-refractivity contribution in [2.24, 2.45) is 10.9 Å². The number of aromatic nitrogens is 1. The maximum absolute atomic E-state index is 12.3. The molecule has 0 amide bonds. The molecule has 1 aromatic rings. The summed E-state index contributed by atoms with van der Waals surface area (Å²) >= 11 is 0. The first kappa shape index (κ1) is 26.7. The fourth-order valence-electron chi connectivity index (χ4n) is 4.52. The number of aliphatic carboxylic acids is 1. The van der Waals surface area contributed by atoms with Crippen molar-refractivity contribution in [2.75, 3.05) is 6.54 Å². The molecule has 2 aliphatic carbocycles. The second-order valence-corrected chi connectivity index (χ2v) is 9.74. The van der Waals surface area contributed by atoms with Crippen LogP contribution in [0.3, 0.4) is 0 Å². The molecule has 1 aromatic heterocycles. The Morgan fingerprint density at radius 2 is 1.97 bits per heavy atom. The largest absolute Gasteiger partial charge is 0.478 e. The van der Waals surface area contributed by atoms with Gasteiger partial charge in [0.2, 0.25) is 0 Å². The van der Waals surface area contributed by atoms with Crippen molar-refractivity contribution >= 4 is 12.0 Å². The molecule has 2 heterocycles. The van der Waals surface area contributed by atoms with Crippen LogP contribution in [-0.2, 0) is 20.7 Å². The molecule has 0 fully saturated rings. The zero-order valence-corrected chi connectivity index (χ0v) is 21.6. The van der Waals surface area contributed by atoms with Crippen LogP contribution in [0.25, 0.3) is 0 Å². The molecule has 192 valence electrons. The van der Waals surface area contributed by atoms with Gasteiger partial charge in [0.15, 0.2) is 5.76 Å². The lowest BCUT2D eigenvalue weighted by Crippen LogP contribution is -2.41. The Bertz CT molecular complexity index is 1030. The number of rotatable bonds is 4. The normalized spacial score (nSPS) is 27.9. The van der Waals surface area contributed by atoms with Gasteiger partial charge < -0.3 is 24.8 Å². The van der Waals surface area contributed by atoms with E-state index in [9.17, 15) is 15.0 Å². The first-order valence-electron chi connectivity index (χ1n) is 12.7. The van der Waals surface area contributed by atoms with Crippen molar-refractivity contribution in [1.29, 1.82) is 0 Å². The first-order valence-corrected chi connectivity index (χ1v) is 12.7. The number of carboxylic acid groups (broad SMARTS) is 1. The molecule has 4 rings (SSSR count). The molecule has 0 saturated heterocycles. The Morgan fingerprint density at radius 1 is 1.20 bits per heavy atom. The number of nitrogens with one attached hydrogen (secondary N) is 1. The van der Waals surface area contributed by atoms with Gasteiger partial charge in [-0.1, -0.05) is 49.2 Å². The highest BCUT2D eigenvalue weighted by molar-refractivity contribution is 5.88. The highest BCUT2D eigenvalue weighted by Crippen LogP contribution is 2.34. The standard InChI is InChI=1S/C25H33N3O5.C2H6/c1-16-8-4-7-11-19(18-10-6-5-9-17(12-16)13-18)27-23-26-15-25(32-23,22(29)30)20-14-21(33-28-20)24(2,3)31;1-2/h11-14,17,31H,4-10,15H2,1-3H3,(H,26,27)(H,29,30);1-2H3/b16-12+,19-11-;. The molecule has 2 atom stereocenters. The number of hydrogen-bond acceptors (Lipinski definition) is 7. The van der Waals surface area contributed by atoms with E-state index in [-0.39, 0.29) is 24.0 Å². The van der Waals surface area contributed by atoms with E-state index in [1.165, 1.54) is 23.6 Å². The number of carboxylic acids is 1. The van der Waals surface area contributed by atoms with Gasteiger partial charge in [0.05, 0.1) is 0 Å². The minimum Gasteiger partial charge on any atom is -0.478 e. The van der Waals surface area contributed by atoms with Gasteiger partial charge in [0, 0.05) is 11.8 Å². The third-order valence-corrected chi connectivity index (χ3v) is 6.45. The predicted molar refractivity (Wildman–Crippen MR) is 135 cm³/mol. The number of allylic oxidation sites excluding steroid dienone is 5. The van der Waals surface area contributed by atoms with Crippen LogP contribution in [0.15, 0.2) is 50.7 Å². The summed E-state index contributed by atoms with van der Waals surface area (Å²) in [6, 6.07) is 1.57. The zero-order valence-electron chi connectivity index (χ0n) is 21.6. The van der Waals surface area contributed by atoms with E-state index in [0.717, 1.165) is 44.2 Å². The summed E-state index contributed by atoms with van der Waals surface area (Å²) < 4.78 is 11.1. The van der Waals surface area contributed by atoms with Gasteiger partial charge in [-0.3, -0.25) is 0 Å². The number of ether oxygens (including phenoxy) is 1. The van der Waals surface area contributed by atoms with Gasteiger partial charge in [0.1, 0.15) is 17.8 Å². The van der Waals surface area contributed by atoms with E-state index in [0.29, 0.717) is 5.92 Å². The van der Waals surface area contributed by atoms with E-state index in [1.54, 1.807) is 13.8 Å². The summed E-state index contributed by atoms with van der Waals surface area (Å²) in [4.78, 5) is 16.6. The van der Waals surface area contributed by atoms with Crippen molar-refractivity contribution in [3.05, 3.63) is 52.6 Å². The molecule has 3 aliphatic rings. The smallest absolute Gasteiger partial charge is 0.356 e. The molecule has 0 radical (unpaired) electrons. The summed E-state index contributed by atoms with van der Waals surface area (Å²) in [7, 11) is 0.